The van der Waals surface area contributed by atoms with Crippen LogP contribution in [0.2, 0.25) is 0 Å². The van der Waals surface area contributed by atoms with Crippen molar-refractivity contribution in [3.05, 3.63) is 92.9 Å². The van der Waals surface area contributed by atoms with Crippen LogP contribution in [0.25, 0.3) is 0 Å². The molecule has 4 rings (SSSR count). The number of hydrogen-bond acceptors (Lipinski definition) is 5. The summed E-state index contributed by atoms with van der Waals surface area (Å²) in [6.45, 7) is 8.83. The van der Waals surface area contributed by atoms with E-state index in [1.54, 1.807) is 11.3 Å². The highest BCUT2D eigenvalue weighted by Crippen LogP contribution is 2.27. The molecule has 2 heterocycles. The second-order valence-electron chi connectivity index (χ2n) is 8.57. The van der Waals surface area contributed by atoms with Gasteiger partial charge in [-0.1, -0.05) is 65.9 Å². The normalized spacial score (nSPS) is 12.0. The third-order valence-electron chi connectivity index (χ3n) is 5.75. The van der Waals surface area contributed by atoms with Crippen molar-refractivity contribution < 1.29 is 4.79 Å². The van der Waals surface area contributed by atoms with Gasteiger partial charge < -0.3 is 9.88 Å². The maximum absolute atomic E-state index is 13.1. The van der Waals surface area contributed by atoms with Gasteiger partial charge in [0.05, 0.1) is 5.25 Å². The first-order chi connectivity index (χ1) is 16.4. The molecule has 0 aliphatic carbocycles. The van der Waals surface area contributed by atoms with Gasteiger partial charge in [0.2, 0.25) is 5.91 Å². The summed E-state index contributed by atoms with van der Waals surface area (Å²) < 4.78 is 2.17. The summed E-state index contributed by atoms with van der Waals surface area (Å²) in [5.74, 6) is 0.899. The van der Waals surface area contributed by atoms with E-state index in [0.29, 0.717) is 0 Å². The van der Waals surface area contributed by atoms with E-state index in [9.17, 15) is 4.79 Å². The van der Waals surface area contributed by atoms with Crippen LogP contribution in [0.3, 0.4) is 0 Å². The topological polar surface area (TPSA) is 59.8 Å². The van der Waals surface area contributed by atoms with E-state index in [-0.39, 0.29) is 11.2 Å². The van der Waals surface area contributed by atoms with E-state index in [1.165, 1.54) is 27.8 Å². The fourth-order valence-corrected chi connectivity index (χ4v) is 5.63. The molecule has 7 heteroatoms. The zero-order valence-electron chi connectivity index (χ0n) is 20.0. The molecule has 1 N–H and O–H groups in total. The lowest BCUT2D eigenvalue weighted by Crippen LogP contribution is -2.24. The van der Waals surface area contributed by atoms with Crippen LogP contribution in [0.5, 0.6) is 0 Å². The number of carbonyl (C=O) groups is 1. The van der Waals surface area contributed by atoms with Gasteiger partial charge in [0.25, 0.3) is 0 Å². The van der Waals surface area contributed by atoms with Crippen LogP contribution in [-0.4, -0.2) is 25.9 Å². The third kappa shape index (κ3) is 5.96. The Morgan fingerprint density at radius 1 is 1.06 bits per heavy atom. The van der Waals surface area contributed by atoms with Gasteiger partial charge in [-0.3, -0.25) is 4.79 Å². The van der Waals surface area contributed by atoms with Crippen molar-refractivity contribution in [3.8, 4) is 0 Å². The molecular formula is C27H30N4OS2. The number of aromatic nitrogens is 3. The van der Waals surface area contributed by atoms with Crippen molar-refractivity contribution in [3.63, 3.8) is 0 Å². The first-order valence-electron chi connectivity index (χ1n) is 11.4. The molecule has 0 aliphatic rings. The Morgan fingerprint density at radius 3 is 2.47 bits per heavy atom. The van der Waals surface area contributed by atoms with Gasteiger partial charge in [-0.25, -0.2) is 0 Å². The summed E-state index contributed by atoms with van der Waals surface area (Å²) in [5.41, 5.74) is 5.51. The number of nitrogens with one attached hydrogen (secondary N) is 1. The molecule has 2 aromatic heterocycles. The van der Waals surface area contributed by atoms with Crippen LogP contribution in [0.1, 0.15) is 39.9 Å². The van der Waals surface area contributed by atoms with E-state index in [1.807, 2.05) is 26.8 Å². The Bertz CT molecular complexity index is 1230. The van der Waals surface area contributed by atoms with Crippen LogP contribution in [0.4, 0.5) is 5.69 Å². The smallest absolute Gasteiger partial charge is 0.237 e. The molecule has 176 valence electrons. The maximum atomic E-state index is 13.1. The van der Waals surface area contributed by atoms with Crippen LogP contribution < -0.4 is 5.32 Å². The number of anilines is 1. The zero-order valence-corrected chi connectivity index (χ0v) is 21.7. The van der Waals surface area contributed by atoms with Crippen molar-refractivity contribution in [1.29, 1.82) is 0 Å². The molecule has 0 fully saturated rings. The fourth-order valence-electron chi connectivity index (χ4n) is 4.03. The van der Waals surface area contributed by atoms with Gasteiger partial charge in [0, 0.05) is 23.5 Å². The molecular weight excluding hydrogens is 460 g/mol. The second kappa shape index (κ2) is 11.0. The number of benzene rings is 2. The number of thioether (sulfide) groups is 1. The average molecular weight is 491 g/mol. The van der Waals surface area contributed by atoms with Crippen molar-refractivity contribution in [2.24, 2.45) is 0 Å². The van der Waals surface area contributed by atoms with Gasteiger partial charge >= 0.3 is 0 Å². The number of carbonyl (C=O) groups excluding carboxylic acids is 1. The van der Waals surface area contributed by atoms with Gasteiger partial charge in [0.1, 0.15) is 5.82 Å². The first-order valence-corrected chi connectivity index (χ1v) is 13.2. The molecule has 4 aromatic rings. The highest BCUT2D eigenvalue weighted by atomic mass is 32.2. The maximum Gasteiger partial charge on any atom is 0.237 e. The number of rotatable bonds is 9. The van der Waals surface area contributed by atoms with Gasteiger partial charge in [0.15, 0.2) is 5.16 Å². The highest BCUT2D eigenvalue weighted by molar-refractivity contribution is 8.00. The first kappa shape index (κ1) is 24.2. The summed E-state index contributed by atoms with van der Waals surface area (Å²) in [7, 11) is 0. The standard InChI is InChI=1S/C27H30N4OS2/c1-18-15-19(2)25(20(3)16-18)28-26(32)21(4)34-27-30-29-24(17-23-11-8-14-33-23)31(27)13-12-22-9-6-5-7-10-22/h5-11,14-16,21H,12-13,17H2,1-4H3,(H,28,32). The minimum atomic E-state index is -0.311. The van der Waals surface area contributed by atoms with E-state index >= 15 is 0 Å². The van der Waals surface area contributed by atoms with Crippen LogP contribution >= 0.6 is 23.1 Å². The number of thiophene rings is 1. The summed E-state index contributed by atoms with van der Waals surface area (Å²) >= 11 is 3.18. The predicted molar refractivity (Wildman–Crippen MR) is 142 cm³/mol. The molecule has 34 heavy (non-hydrogen) atoms. The molecule has 1 unspecified atom stereocenters. The number of nitrogens with zero attached hydrogens (tertiary/aromatic N) is 3. The summed E-state index contributed by atoms with van der Waals surface area (Å²) in [5, 5.41) is 14.7. The van der Waals surface area contributed by atoms with Gasteiger partial charge in [-0.15, -0.1) is 21.5 Å². The summed E-state index contributed by atoms with van der Waals surface area (Å²) in [6.07, 6.45) is 1.62. The molecule has 0 spiro atoms. The Hall–Kier alpha value is -2.90. The lowest BCUT2D eigenvalue weighted by Gasteiger charge is -2.16. The lowest BCUT2D eigenvalue weighted by atomic mass is 10.1. The SMILES string of the molecule is Cc1cc(C)c(NC(=O)C(C)Sc2nnc(Cc3cccs3)n2CCc2ccccc2)c(C)c1. The van der Waals surface area contributed by atoms with Gasteiger partial charge in [-0.2, -0.15) is 0 Å². The third-order valence-corrected chi connectivity index (χ3v) is 7.71. The van der Waals surface area contributed by atoms with E-state index in [0.717, 1.165) is 47.2 Å². The molecule has 5 nitrogen and oxygen atoms in total. The number of hydrogen-bond donors (Lipinski definition) is 1. The van der Waals surface area contributed by atoms with Crippen LogP contribution in [0, 0.1) is 20.8 Å². The highest BCUT2D eigenvalue weighted by Gasteiger charge is 2.21. The van der Waals surface area contributed by atoms with Gasteiger partial charge in [-0.05, 0) is 62.3 Å². The minimum absolute atomic E-state index is 0.0301. The Kier molecular flexibility index (Phi) is 7.85. The molecule has 0 radical (unpaired) electrons. The molecule has 0 aliphatic heterocycles. The van der Waals surface area contributed by atoms with Crippen molar-refractivity contribution in [2.45, 2.75) is 57.5 Å². The Morgan fingerprint density at radius 2 is 1.79 bits per heavy atom. The zero-order chi connectivity index (χ0) is 24.1. The van der Waals surface area contributed by atoms with Crippen molar-refractivity contribution in [2.75, 3.05) is 5.32 Å². The fraction of sp³-hybridized carbons (Fsp3) is 0.296. The van der Waals surface area contributed by atoms with E-state index in [2.05, 4.69) is 80.9 Å². The minimum Gasteiger partial charge on any atom is -0.325 e. The van der Waals surface area contributed by atoms with Crippen molar-refractivity contribution in [1.82, 2.24) is 14.8 Å². The Labute approximate surface area is 209 Å². The Balaban J connectivity index is 1.51. The number of aryl methyl sites for hydroxylation is 4. The molecule has 0 saturated heterocycles. The molecule has 1 atom stereocenters. The quantitative estimate of drug-likeness (QED) is 0.283. The van der Waals surface area contributed by atoms with Crippen LogP contribution in [0.15, 0.2) is 65.1 Å². The van der Waals surface area contributed by atoms with Crippen LogP contribution in [-0.2, 0) is 24.2 Å². The molecule has 0 bridgehead atoms. The summed E-state index contributed by atoms with van der Waals surface area (Å²) in [4.78, 5) is 14.3. The second-order valence-corrected chi connectivity index (χ2v) is 10.9. The largest absolute Gasteiger partial charge is 0.325 e. The monoisotopic (exact) mass is 490 g/mol. The van der Waals surface area contributed by atoms with E-state index < -0.39 is 0 Å². The molecule has 2 aromatic carbocycles. The van der Waals surface area contributed by atoms with Crippen molar-refractivity contribution >= 4 is 34.7 Å². The summed E-state index contributed by atoms with van der Waals surface area (Å²) in [6, 6.07) is 18.8. The lowest BCUT2D eigenvalue weighted by molar-refractivity contribution is -0.115. The average Bonchev–Trinajstić information content (AvgIpc) is 3.46. The number of amides is 1. The molecule has 0 saturated carbocycles. The molecule has 1 amide bonds. The van der Waals surface area contributed by atoms with E-state index in [4.69, 9.17) is 0 Å². The predicted octanol–water partition coefficient (Wildman–Crippen LogP) is 6.22.